The average molecular weight is 386 g/mol. The Morgan fingerprint density at radius 1 is 1.36 bits per heavy atom. The molecule has 8 heteroatoms. The number of rotatable bonds is 5. The van der Waals surface area contributed by atoms with E-state index >= 15 is 0 Å². The van der Waals surface area contributed by atoms with Crippen molar-refractivity contribution < 1.29 is 9.13 Å². The molecule has 0 spiro atoms. The van der Waals surface area contributed by atoms with Crippen LogP contribution in [0.25, 0.3) is 0 Å². The summed E-state index contributed by atoms with van der Waals surface area (Å²) in [5.74, 6) is 0.579. The number of aryl methyl sites for hydroxylation is 1. The smallest absolute Gasteiger partial charge is 0.233 e. The van der Waals surface area contributed by atoms with Crippen molar-refractivity contribution in [3.05, 3.63) is 41.8 Å². The number of nitrogens with one attached hydrogen (secondary N) is 2. The summed E-state index contributed by atoms with van der Waals surface area (Å²) in [7, 11) is 1.72. The third-order valence-corrected chi connectivity index (χ3v) is 4.81. The first-order valence-corrected chi connectivity index (χ1v) is 9.54. The molecule has 0 radical (unpaired) electrons. The van der Waals surface area contributed by atoms with Gasteiger partial charge in [0.15, 0.2) is 0 Å². The highest BCUT2D eigenvalue weighted by Crippen LogP contribution is 2.19. The molecule has 0 amide bonds. The topological polar surface area (TPSA) is 77.4 Å². The number of hydrogen-bond donors (Lipinski definition) is 2. The largest absolute Gasteiger partial charge is 0.473 e. The normalized spacial score (nSPS) is 17.2. The van der Waals surface area contributed by atoms with Gasteiger partial charge >= 0.3 is 0 Å². The number of aromatic nitrogens is 2. The first-order chi connectivity index (χ1) is 13.4. The fraction of sp³-hybridized carbons (Fsp3) is 0.450. The highest BCUT2D eigenvalue weighted by molar-refractivity contribution is 6.01. The fourth-order valence-corrected chi connectivity index (χ4v) is 3.21. The van der Waals surface area contributed by atoms with Crippen LogP contribution in [0.15, 0.2) is 30.3 Å². The lowest BCUT2D eigenvalue weighted by molar-refractivity contribution is 0.0882. The van der Waals surface area contributed by atoms with Gasteiger partial charge in [0.25, 0.3) is 0 Å². The number of ether oxygens (including phenoxy) is 1. The Morgan fingerprint density at radius 2 is 2.11 bits per heavy atom. The highest BCUT2D eigenvalue weighted by Gasteiger charge is 2.21. The van der Waals surface area contributed by atoms with Gasteiger partial charge in [0.2, 0.25) is 17.8 Å². The quantitative estimate of drug-likeness (QED) is 0.607. The van der Waals surface area contributed by atoms with E-state index in [-0.39, 0.29) is 17.9 Å². The zero-order valence-corrected chi connectivity index (χ0v) is 16.6. The van der Waals surface area contributed by atoms with Crippen LogP contribution in [-0.2, 0) is 0 Å². The summed E-state index contributed by atoms with van der Waals surface area (Å²) in [4.78, 5) is 12.7. The van der Waals surface area contributed by atoms with Crippen LogP contribution in [0.4, 0.5) is 16.0 Å². The second-order valence-corrected chi connectivity index (χ2v) is 6.96. The predicted molar refractivity (Wildman–Crippen MR) is 109 cm³/mol. The zero-order chi connectivity index (χ0) is 20.1. The predicted octanol–water partition coefficient (Wildman–Crippen LogP) is 3.27. The number of halogens is 1. The van der Waals surface area contributed by atoms with E-state index in [1.54, 1.807) is 24.1 Å². The fourth-order valence-electron chi connectivity index (χ4n) is 3.21. The molecule has 0 aliphatic carbocycles. The number of likely N-dealkylation sites (tertiary alicyclic amines) is 1. The van der Waals surface area contributed by atoms with Gasteiger partial charge in [-0.25, -0.2) is 9.37 Å². The minimum absolute atomic E-state index is 0.0815. The molecule has 1 saturated heterocycles. The Morgan fingerprint density at radius 3 is 2.82 bits per heavy atom. The first-order valence-electron chi connectivity index (χ1n) is 9.54. The van der Waals surface area contributed by atoms with Crippen molar-refractivity contribution in [3.8, 4) is 5.88 Å². The maximum atomic E-state index is 13.1. The molecule has 1 aromatic heterocycles. The van der Waals surface area contributed by atoms with Gasteiger partial charge in [0.1, 0.15) is 11.9 Å². The van der Waals surface area contributed by atoms with Crippen molar-refractivity contribution in [2.75, 3.05) is 36.9 Å². The number of benzene rings is 1. The number of piperidine rings is 1. The lowest BCUT2D eigenvalue weighted by Crippen LogP contribution is -2.41. The van der Waals surface area contributed by atoms with Gasteiger partial charge in [-0.05, 0) is 57.1 Å². The number of hydrogen-bond acceptors (Lipinski definition) is 5. The van der Waals surface area contributed by atoms with Gasteiger partial charge in [0.05, 0.1) is 0 Å². The van der Waals surface area contributed by atoms with Crippen LogP contribution >= 0.6 is 0 Å². The van der Waals surface area contributed by atoms with Crippen molar-refractivity contribution in [1.29, 1.82) is 5.41 Å². The summed E-state index contributed by atoms with van der Waals surface area (Å²) >= 11 is 0. The standard InChI is InChI=1S/C20H27FN6O/c1-4-27-11-5-6-17(13-27)28-18-12-14(2)23-20(24-18)25-19(22)26(3)16-9-7-15(21)8-10-16/h7-10,12,17H,4-6,11,13H2,1-3H3,(H2,22,23,24,25). The van der Waals surface area contributed by atoms with Gasteiger partial charge in [-0.15, -0.1) is 0 Å². The Kier molecular flexibility index (Phi) is 6.41. The van der Waals surface area contributed by atoms with Gasteiger partial charge < -0.3 is 9.64 Å². The Hall–Kier alpha value is -2.74. The molecule has 1 atom stereocenters. The van der Waals surface area contributed by atoms with Crippen molar-refractivity contribution in [2.24, 2.45) is 0 Å². The molecule has 2 N–H and O–H groups in total. The van der Waals surface area contributed by atoms with E-state index in [2.05, 4.69) is 27.1 Å². The maximum absolute atomic E-state index is 13.1. The molecule has 1 aliphatic rings. The molecule has 7 nitrogen and oxygen atoms in total. The number of nitrogens with zero attached hydrogens (tertiary/aromatic N) is 4. The number of likely N-dealkylation sites (N-methyl/N-ethyl adjacent to an activating group) is 1. The van der Waals surface area contributed by atoms with Crippen LogP contribution in [0, 0.1) is 18.2 Å². The summed E-state index contributed by atoms with van der Waals surface area (Å²) in [6.45, 7) is 7.04. The third-order valence-electron chi connectivity index (χ3n) is 4.81. The minimum atomic E-state index is -0.315. The second kappa shape index (κ2) is 8.97. The van der Waals surface area contributed by atoms with E-state index in [1.807, 2.05) is 13.0 Å². The summed E-state index contributed by atoms with van der Waals surface area (Å²) in [6.07, 6.45) is 2.23. The molecule has 2 heterocycles. The monoisotopic (exact) mass is 386 g/mol. The van der Waals surface area contributed by atoms with Crippen LogP contribution in [0.5, 0.6) is 5.88 Å². The highest BCUT2D eigenvalue weighted by atomic mass is 19.1. The van der Waals surface area contributed by atoms with Crippen molar-refractivity contribution >= 4 is 17.6 Å². The molecule has 1 fully saturated rings. The molecule has 3 rings (SSSR count). The molecule has 1 unspecified atom stereocenters. The molecular weight excluding hydrogens is 359 g/mol. The lowest BCUT2D eigenvalue weighted by atomic mass is 10.1. The summed E-state index contributed by atoms with van der Waals surface area (Å²) < 4.78 is 19.2. The van der Waals surface area contributed by atoms with Gasteiger partial charge in [0, 0.05) is 31.0 Å². The number of anilines is 2. The molecule has 0 bridgehead atoms. The van der Waals surface area contributed by atoms with E-state index in [0.29, 0.717) is 17.5 Å². The van der Waals surface area contributed by atoms with Crippen LogP contribution in [0.2, 0.25) is 0 Å². The maximum Gasteiger partial charge on any atom is 0.233 e. The Labute approximate surface area is 165 Å². The zero-order valence-electron chi connectivity index (χ0n) is 16.6. The van der Waals surface area contributed by atoms with Crippen LogP contribution < -0.4 is 15.0 Å². The van der Waals surface area contributed by atoms with Crippen molar-refractivity contribution in [1.82, 2.24) is 14.9 Å². The van der Waals surface area contributed by atoms with E-state index in [9.17, 15) is 4.39 Å². The first kappa shape index (κ1) is 20.0. The molecule has 150 valence electrons. The number of guanidine groups is 1. The Bertz CT molecular complexity index is 813. The SMILES string of the molecule is CCN1CCCC(Oc2cc(C)nc(NC(=N)N(C)c3ccc(F)cc3)n2)C1. The van der Waals surface area contributed by atoms with E-state index in [1.165, 1.54) is 12.1 Å². The lowest BCUT2D eigenvalue weighted by Gasteiger charge is -2.31. The van der Waals surface area contributed by atoms with Crippen LogP contribution in [-0.4, -0.2) is 53.6 Å². The van der Waals surface area contributed by atoms with Crippen molar-refractivity contribution in [3.63, 3.8) is 0 Å². The minimum Gasteiger partial charge on any atom is -0.473 e. The van der Waals surface area contributed by atoms with E-state index in [4.69, 9.17) is 10.1 Å². The van der Waals surface area contributed by atoms with Gasteiger partial charge in [-0.2, -0.15) is 4.98 Å². The molecule has 28 heavy (non-hydrogen) atoms. The molecular formula is C20H27FN6O. The van der Waals surface area contributed by atoms with Crippen LogP contribution in [0.3, 0.4) is 0 Å². The van der Waals surface area contributed by atoms with Gasteiger partial charge in [-0.1, -0.05) is 6.92 Å². The average Bonchev–Trinajstić information content (AvgIpc) is 2.67. The molecule has 1 aliphatic heterocycles. The van der Waals surface area contributed by atoms with E-state index in [0.717, 1.165) is 38.2 Å². The van der Waals surface area contributed by atoms with E-state index < -0.39 is 0 Å². The van der Waals surface area contributed by atoms with Gasteiger partial charge in [-0.3, -0.25) is 15.6 Å². The summed E-state index contributed by atoms with van der Waals surface area (Å²) in [5.41, 5.74) is 1.44. The van der Waals surface area contributed by atoms with Crippen molar-refractivity contribution in [2.45, 2.75) is 32.8 Å². The third kappa shape index (κ3) is 5.16. The van der Waals surface area contributed by atoms with Crippen LogP contribution in [0.1, 0.15) is 25.5 Å². The molecule has 2 aromatic rings. The Balaban J connectivity index is 1.67. The second-order valence-electron chi connectivity index (χ2n) is 6.96. The molecule has 0 saturated carbocycles. The summed E-state index contributed by atoms with van der Waals surface area (Å²) in [6, 6.07) is 7.75. The summed E-state index contributed by atoms with van der Waals surface area (Å²) in [5, 5.41) is 11.2. The molecule has 1 aromatic carbocycles.